The van der Waals surface area contributed by atoms with Crippen LogP contribution < -0.4 is 0 Å². The smallest absolute Gasteiger partial charge is 0.184 e. The Morgan fingerprint density at radius 1 is 1.57 bits per heavy atom. The number of amidine groups is 1. The lowest BCUT2D eigenvalue weighted by Gasteiger charge is -2.05. The van der Waals surface area contributed by atoms with E-state index in [1.165, 1.54) is 11.0 Å². The molecule has 1 unspecified atom stereocenters. The minimum atomic E-state index is 0.282. The Hall–Kier alpha value is -0.0300. The summed E-state index contributed by atoms with van der Waals surface area (Å²) in [7, 11) is 3.11. The Morgan fingerprint density at radius 3 is 2.86 bits per heavy atom. The van der Waals surface area contributed by atoms with E-state index in [9.17, 15) is 0 Å². The van der Waals surface area contributed by atoms with Crippen molar-refractivity contribution < 1.29 is 0 Å². The number of nitrogens with zero attached hydrogens (tertiary/aromatic N) is 3. The van der Waals surface area contributed by atoms with E-state index in [1.807, 2.05) is 0 Å². The normalized spacial score (nSPS) is 34.3. The molecule has 0 bridgehead atoms. The van der Waals surface area contributed by atoms with Gasteiger partial charge in [-0.3, -0.25) is 0 Å². The van der Waals surface area contributed by atoms with Crippen LogP contribution in [0.5, 0.6) is 0 Å². The van der Waals surface area contributed by atoms with E-state index >= 15 is 0 Å². The lowest BCUT2D eigenvalue weighted by Crippen LogP contribution is -2.14. The van der Waals surface area contributed by atoms with Gasteiger partial charge in [-0.05, 0) is 10.8 Å². The summed E-state index contributed by atoms with van der Waals surface area (Å²) in [6, 6.07) is 0. The lowest BCUT2D eigenvalue weighted by atomic mass is 10.6. The fraction of sp³-hybridized carbons (Fsp3) is 0.500. The van der Waals surface area contributed by atoms with E-state index < -0.39 is 0 Å². The number of azo groups is 1. The van der Waals surface area contributed by atoms with Gasteiger partial charge < -0.3 is 0 Å². The second-order valence-electron chi connectivity index (χ2n) is 1.19. The molecule has 7 heavy (non-hydrogen) atoms. The highest BCUT2D eigenvalue weighted by Crippen LogP contribution is 2.41. The van der Waals surface area contributed by atoms with Gasteiger partial charge in [-0.1, -0.05) is 0 Å². The van der Waals surface area contributed by atoms with Crippen molar-refractivity contribution >= 4 is 27.6 Å². The highest BCUT2D eigenvalue weighted by Gasteiger charge is 2.29. The van der Waals surface area contributed by atoms with E-state index in [-0.39, 0.29) is 5.37 Å². The summed E-state index contributed by atoms with van der Waals surface area (Å²) in [5.41, 5.74) is 0. The van der Waals surface area contributed by atoms with Crippen LogP contribution in [0.2, 0.25) is 0 Å². The molecule has 0 saturated heterocycles. The highest BCUT2D eigenvalue weighted by atomic mass is 33.1. The molecule has 0 aromatic carbocycles. The molecule has 0 aliphatic carbocycles. The third kappa shape index (κ3) is 0.420. The van der Waals surface area contributed by atoms with Gasteiger partial charge in [0.05, 0.1) is 0 Å². The molecule has 5 heteroatoms. The summed E-state index contributed by atoms with van der Waals surface area (Å²) in [4.78, 5) is 0. The molecular weight excluding hydrogens is 130 g/mol. The third-order valence-electron chi connectivity index (χ3n) is 0.751. The summed E-state index contributed by atoms with van der Waals surface area (Å²) in [5.74, 6) is 0.898. The standard InChI is InChI=1S/C2HN3S2/c3-1-2(4-3)6-7-5-1/h2H. The molecule has 0 fully saturated rings. The molecule has 2 aliphatic rings. The molecular formula is C2HN3S2. The first kappa shape index (κ1) is 3.91. The van der Waals surface area contributed by atoms with Gasteiger partial charge in [0, 0.05) is 11.0 Å². The first-order valence-electron chi connectivity index (χ1n) is 1.78. The third-order valence-corrected chi connectivity index (χ3v) is 2.61. The van der Waals surface area contributed by atoms with Crippen LogP contribution >= 0.6 is 21.8 Å². The average Bonchev–Trinajstić information content (AvgIpc) is 1.85. The van der Waals surface area contributed by atoms with E-state index in [0.717, 1.165) is 5.84 Å². The average molecular weight is 131 g/mol. The van der Waals surface area contributed by atoms with Crippen molar-refractivity contribution in [2.45, 2.75) is 5.37 Å². The number of hydrogen-bond acceptors (Lipinski definition) is 5. The SMILES string of the molecule is N1=NC2SSN=C12. The van der Waals surface area contributed by atoms with Gasteiger partial charge in [0.15, 0.2) is 11.2 Å². The van der Waals surface area contributed by atoms with Crippen molar-refractivity contribution in [1.82, 2.24) is 0 Å². The molecule has 0 aromatic heterocycles. The quantitative estimate of drug-likeness (QED) is 0.369. The summed E-state index contributed by atoms with van der Waals surface area (Å²) < 4.78 is 3.94. The van der Waals surface area contributed by atoms with Crippen molar-refractivity contribution in [3.8, 4) is 0 Å². The van der Waals surface area contributed by atoms with Crippen LogP contribution in [-0.2, 0) is 0 Å². The maximum atomic E-state index is 3.94. The Balaban J connectivity index is 2.38. The van der Waals surface area contributed by atoms with Crippen molar-refractivity contribution in [3.63, 3.8) is 0 Å². The topological polar surface area (TPSA) is 37.1 Å². The summed E-state index contributed by atoms with van der Waals surface area (Å²) in [6.45, 7) is 0. The Morgan fingerprint density at radius 2 is 2.57 bits per heavy atom. The molecule has 1 atom stereocenters. The van der Waals surface area contributed by atoms with Gasteiger partial charge in [-0.2, -0.15) is 9.51 Å². The largest absolute Gasteiger partial charge is 0.197 e. The monoisotopic (exact) mass is 131 g/mol. The van der Waals surface area contributed by atoms with Crippen LogP contribution in [0.25, 0.3) is 0 Å². The minimum Gasteiger partial charge on any atom is -0.184 e. The van der Waals surface area contributed by atoms with Crippen LogP contribution in [0.4, 0.5) is 0 Å². The fourth-order valence-electron chi connectivity index (χ4n) is 0.383. The van der Waals surface area contributed by atoms with Gasteiger partial charge in [-0.15, -0.1) is 5.11 Å². The molecule has 2 rings (SSSR count). The summed E-state index contributed by atoms with van der Waals surface area (Å²) in [6.07, 6.45) is 0. The number of rotatable bonds is 0. The summed E-state index contributed by atoms with van der Waals surface area (Å²) in [5, 5.41) is 7.71. The van der Waals surface area contributed by atoms with Crippen LogP contribution in [0.1, 0.15) is 0 Å². The van der Waals surface area contributed by atoms with Crippen LogP contribution in [0.15, 0.2) is 14.6 Å². The molecule has 0 radical (unpaired) electrons. The Labute approximate surface area is 48.2 Å². The molecule has 0 aromatic rings. The van der Waals surface area contributed by atoms with Crippen LogP contribution in [-0.4, -0.2) is 11.2 Å². The van der Waals surface area contributed by atoms with E-state index in [0.29, 0.717) is 0 Å². The molecule has 2 aliphatic heterocycles. The number of fused-ring (bicyclic) bond motifs is 1. The zero-order valence-corrected chi connectivity index (χ0v) is 4.87. The maximum absolute atomic E-state index is 3.94. The van der Waals surface area contributed by atoms with E-state index in [1.54, 1.807) is 10.8 Å². The molecule has 3 nitrogen and oxygen atoms in total. The van der Waals surface area contributed by atoms with Gasteiger partial charge in [0.1, 0.15) is 0 Å². The lowest BCUT2D eigenvalue weighted by molar-refractivity contribution is 0.964. The predicted octanol–water partition coefficient (Wildman–Crippen LogP) is 1.49. The molecule has 0 N–H and O–H groups in total. The van der Waals surface area contributed by atoms with Crippen molar-refractivity contribution in [3.05, 3.63) is 0 Å². The number of hydrogen-bond donors (Lipinski definition) is 0. The molecule has 36 valence electrons. The second-order valence-corrected chi connectivity index (χ2v) is 3.18. The van der Waals surface area contributed by atoms with Crippen LogP contribution in [0.3, 0.4) is 0 Å². The maximum Gasteiger partial charge on any atom is 0.197 e. The minimum absolute atomic E-state index is 0.282. The van der Waals surface area contributed by atoms with Crippen molar-refractivity contribution in [2.24, 2.45) is 14.6 Å². The van der Waals surface area contributed by atoms with Crippen LogP contribution in [0, 0.1) is 0 Å². The molecule has 2 heterocycles. The Kier molecular flexibility index (Phi) is 0.685. The molecule has 0 spiro atoms. The van der Waals surface area contributed by atoms with Crippen molar-refractivity contribution in [2.75, 3.05) is 0 Å². The van der Waals surface area contributed by atoms with Gasteiger partial charge in [0.25, 0.3) is 0 Å². The Bertz CT molecular complexity index is 151. The zero-order valence-electron chi connectivity index (χ0n) is 3.24. The van der Waals surface area contributed by atoms with E-state index in [4.69, 9.17) is 0 Å². The second kappa shape index (κ2) is 1.23. The van der Waals surface area contributed by atoms with Gasteiger partial charge in [-0.25, -0.2) is 0 Å². The first-order chi connectivity index (χ1) is 3.47. The fourth-order valence-corrected chi connectivity index (χ4v) is 2.03. The first-order valence-corrected chi connectivity index (χ1v) is 3.95. The van der Waals surface area contributed by atoms with Crippen molar-refractivity contribution in [1.29, 1.82) is 0 Å². The highest BCUT2D eigenvalue weighted by molar-refractivity contribution is 8.77. The molecule has 0 amide bonds. The molecule has 0 saturated carbocycles. The van der Waals surface area contributed by atoms with E-state index in [2.05, 4.69) is 14.6 Å². The summed E-state index contributed by atoms with van der Waals surface area (Å²) >= 11 is 0. The van der Waals surface area contributed by atoms with Gasteiger partial charge in [0.2, 0.25) is 0 Å². The predicted molar refractivity (Wildman–Crippen MR) is 31.3 cm³/mol. The zero-order chi connectivity index (χ0) is 4.69. The van der Waals surface area contributed by atoms with Gasteiger partial charge >= 0.3 is 0 Å².